The Kier molecular flexibility index (Phi) is 3.09. The third-order valence-electron chi connectivity index (χ3n) is 4.74. The zero-order chi connectivity index (χ0) is 15.9. The smallest absolute Gasteiger partial charge is 0.244 e. The van der Waals surface area contributed by atoms with Crippen LogP contribution in [0.15, 0.2) is 46.9 Å². The van der Waals surface area contributed by atoms with E-state index in [9.17, 15) is 10.1 Å². The second-order valence-corrected chi connectivity index (χ2v) is 6.16. The summed E-state index contributed by atoms with van der Waals surface area (Å²) in [5.74, 6) is -0.201. The number of carbonyl (C=O) groups is 1. The van der Waals surface area contributed by atoms with E-state index in [1.807, 2.05) is 42.5 Å². The van der Waals surface area contributed by atoms with Gasteiger partial charge in [-0.15, -0.1) is 0 Å². The SMILES string of the molecule is N#CC1(C(=O)Nc2ccc3c(c2)oc2ccccc23)CCCC1. The first-order valence-electron chi connectivity index (χ1n) is 7.86. The highest BCUT2D eigenvalue weighted by Crippen LogP contribution is 2.39. The maximum absolute atomic E-state index is 12.5. The van der Waals surface area contributed by atoms with Crippen molar-refractivity contribution in [1.82, 2.24) is 0 Å². The van der Waals surface area contributed by atoms with Gasteiger partial charge in [0.25, 0.3) is 0 Å². The van der Waals surface area contributed by atoms with Gasteiger partial charge in [0.1, 0.15) is 16.6 Å². The number of hydrogen-bond donors (Lipinski definition) is 1. The van der Waals surface area contributed by atoms with Gasteiger partial charge in [-0.2, -0.15) is 5.26 Å². The van der Waals surface area contributed by atoms with Crippen molar-refractivity contribution in [3.05, 3.63) is 42.5 Å². The van der Waals surface area contributed by atoms with Crippen LogP contribution in [0.4, 0.5) is 5.69 Å². The van der Waals surface area contributed by atoms with Crippen LogP contribution in [0, 0.1) is 16.7 Å². The Morgan fingerprint density at radius 2 is 1.83 bits per heavy atom. The van der Waals surface area contributed by atoms with E-state index in [-0.39, 0.29) is 5.91 Å². The summed E-state index contributed by atoms with van der Waals surface area (Å²) in [6.45, 7) is 0. The second kappa shape index (κ2) is 5.13. The van der Waals surface area contributed by atoms with E-state index in [0.29, 0.717) is 18.5 Å². The van der Waals surface area contributed by atoms with E-state index in [4.69, 9.17) is 4.42 Å². The summed E-state index contributed by atoms with van der Waals surface area (Å²) in [5, 5.41) is 14.4. The molecule has 1 heterocycles. The van der Waals surface area contributed by atoms with Crippen molar-refractivity contribution in [3.8, 4) is 6.07 Å². The highest BCUT2D eigenvalue weighted by molar-refractivity contribution is 6.06. The number of carbonyl (C=O) groups excluding carboxylic acids is 1. The topological polar surface area (TPSA) is 66.0 Å². The number of amides is 1. The Morgan fingerprint density at radius 1 is 1.09 bits per heavy atom. The van der Waals surface area contributed by atoms with Crippen LogP contribution in [0.25, 0.3) is 21.9 Å². The largest absolute Gasteiger partial charge is 0.456 e. The molecule has 0 saturated heterocycles. The molecule has 1 amide bonds. The number of nitriles is 1. The Morgan fingerprint density at radius 3 is 2.61 bits per heavy atom. The minimum atomic E-state index is -0.872. The number of fused-ring (bicyclic) bond motifs is 3. The van der Waals surface area contributed by atoms with Gasteiger partial charge in [-0.1, -0.05) is 31.0 Å². The van der Waals surface area contributed by atoms with Gasteiger partial charge in [0, 0.05) is 22.5 Å². The van der Waals surface area contributed by atoms with Crippen LogP contribution in [0.1, 0.15) is 25.7 Å². The minimum absolute atomic E-state index is 0.201. The van der Waals surface area contributed by atoms with Crippen molar-refractivity contribution < 1.29 is 9.21 Å². The summed E-state index contributed by atoms with van der Waals surface area (Å²) in [7, 11) is 0. The van der Waals surface area contributed by atoms with Crippen LogP contribution in [0.2, 0.25) is 0 Å². The molecule has 4 rings (SSSR count). The zero-order valence-electron chi connectivity index (χ0n) is 12.6. The van der Waals surface area contributed by atoms with Gasteiger partial charge in [-0.25, -0.2) is 0 Å². The molecule has 2 aromatic carbocycles. The molecule has 0 spiro atoms. The summed E-state index contributed by atoms with van der Waals surface area (Å²) in [5.41, 5.74) is 1.36. The number of nitrogens with zero attached hydrogens (tertiary/aromatic N) is 1. The van der Waals surface area contributed by atoms with Crippen molar-refractivity contribution in [2.45, 2.75) is 25.7 Å². The molecule has 0 aliphatic heterocycles. The second-order valence-electron chi connectivity index (χ2n) is 6.16. The van der Waals surface area contributed by atoms with Gasteiger partial charge in [0.15, 0.2) is 0 Å². The molecule has 1 fully saturated rings. The van der Waals surface area contributed by atoms with Gasteiger partial charge < -0.3 is 9.73 Å². The fourth-order valence-electron chi connectivity index (χ4n) is 3.42. The van der Waals surface area contributed by atoms with Crippen LogP contribution in [-0.4, -0.2) is 5.91 Å². The predicted molar refractivity (Wildman–Crippen MR) is 88.9 cm³/mol. The third-order valence-corrected chi connectivity index (χ3v) is 4.74. The summed E-state index contributed by atoms with van der Waals surface area (Å²) < 4.78 is 5.84. The van der Waals surface area contributed by atoms with Gasteiger partial charge in [-0.3, -0.25) is 4.79 Å². The van der Waals surface area contributed by atoms with E-state index in [0.717, 1.165) is 34.8 Å². The van der Waals surface area contributed by atoms with Crippen LogP contribution < -0.4 is 5.32 Å². The molecule has 23 heavy (non-hydrogen) atoms. The first kappa shape index (κ1) is 13.8. The Bertz CT molecular complexity index is 943. The van der Waals surface area contributed by atoms with E-state index < -0.39 is 5.41 Å². The molecule has 3 aromatic rings. The normalized spacial score (nSPS) is 16.5. The monoisotopic (exact) mass is 304 g/mol. The standard InChI is InChI=1S/C19H16N2O2/c20-12-19(9-3-4-10-19)18(22)21-13-7-8-15-14-5-1-2-6-16(14)23-17(15)11-13/h1-2,5-8,11H,3-4,9-10H2,(H,21,22). The molecule has 114 valence electrons. The van der Waals surface area contributed by atoms with Gasteiger partial charge in [0.05, 0.1) is 6.07 Å². The molecule has 1 aliphatic rings. The van der Waals surface area contributed by atoms with Crippen molar-refractivity contribution >= 4 is 33.5 Å². The highest BCUT2D eigenvalue weighted by Gasteiger charge is 2.41. The highest BCUT2D eigenvalue weighted by atomic mass is 16.3. The number of benzene rings is 2. The molecule has 1 N–H and O–H groups in total. The number of furan rings is 1. The number of nitrogens with one attached hydrogen (secondary N) is 1. The Labute approximate surface area is 133 Å². The van der Waals surface area contributed by atoms with E-state index in [1.165, 1.54) is 0 Å². The maximum atomic E-state index is 12.5. The molecule has 1 saturated carbocycles. The van der Waals surface area contributed by atoms with Crippen LogP contribution in [0.5, 0.6) is 0 Å². The molecule has 1 aliphatic carbocycles. The molecule has 0 unspecified atom stereocenters. The van der Waals surface area contributed by atoms with Crippen molar-refractivity contribution in [1.29, 1.82) is 5.26 Å². The number of anilines is 1. The van der Waals surface area contributed by atoms with E-state index >= 15 is 0 Å². The molecule has 0 bridgehead atoms. The molecular formula is C19H16N2O2. The molecule has 4 nitrogen and oxygen atoms in total. The first-order chi connectivity index (χ1) is 11.2. The zero-order valence-corrected chi connectivity index (χ0v) is 12.6. The van der Waals surface area contributed by atoms with Crippen molar-refractivity contribution in [2.75, 3.05) is 5.32 Å². The van der Waals surface area contributed by atoms with E-state index in [2.05, 4.69) is 11.4 Å². The molecular weight excluding hydrogens is 288 g/mol. The summed E-state index contributed by atoms with van der Waals surface area (Å²) in [4.78, 5) is 12.5. The van der Waals surface area contributed by atoms with Gasteiger partial charge in [0.2, 0.25) is 5.91 Å². The fourth-order valence-corrected chi connectivity index (χ4v) is 3.42. The summed E-state index contributed by atoms with van der Waals surface area (Å²) in [6, 6.07) is 15.7. The number of rotatable bonds is 2. The first-order valence-corrected chi connectivity index (χ1v) is 7.86. The average Bonchev–Trinajstić information content (AvgIpc) is 3.19. The average molecular weight is 304 g/mol. The summed E-state index contributed by atoms with van der Waals surface area (Å²) in [6.07, 6.45) is 3.15. The van der Waals surface area contributed by atoms with Crippen molar-refractivity contribution in [2.24, 2.45) is 5.41 Å². The Hall–Kier alpha value is -2.80. The number of para-hydroxylation sites is 1. The fraction of sp³-hybridized carbons (Fsp3) is 0.263. The minimum Gasteiger partial charge on any atom is -0.456 e. The van der Waals surface area contributed by atoms with Gasteiger partial charge >= 0.3 is 0 Å². The van der Waals surface area contributed by atoms with Crippen LogP contribution >= 0.6 is 0 Å². The third kappa shape index (κ3) is 2.17. The molecule has 4 heteroatoms. The summed E-state index contributed by atoms with van der Waals surface area (Å²) >= 11 is 0. The molecule has 0 radical (unpaired) electrons. The van der Waals surface area contributed by atoms with E-state index in [1.54, 1.807) is 0 Å². The molecule has 0 atom stereocenters. The lowest BCUT2D eigenvalue weighted by atomic mass is 9.87. The molecule has 1 aromatic heterocycles. The maximum Gasteiger partial charge on any atom is 0.244 e. The van der Waals surface area contributed by atoms with Crippen molar-refractivity contribution in [3.63, 3.8) is 0 Å². The van der Waals surface area contributed by atoms with Crippen LogP contribution in [0.3, 0.4) is 0 Å². The Balaban J connectivity index is 1.68. The van der Waals surface area contributed by atoms with Gasteiger partial charge in [-0.05, 0) is 31.0 Å². The number of hydrogen-bond acceptors (Lipinski definition) is 3. The lowest BCUT2D eigenvalue weighted by Crippen LogP contribution is -2.32. The predicted octanol–water partition coefficient (Wildman–Crippen LogP) is 4.61. The van der Waals surface area contributed by atoms with Crippen LogP contribution in [-0.2, 0) is 4.79 Å². The quantitative estimate of drug-likeness (QED) is 0.752. The lowest BCUT2D eigenvalue weighted by Gasteiger charge is -2.19. The lowest BCUT2D eigenvalue weighted by molar-refractivity contribution is -0.122.